The van der Waals surface area contributed by atoms with Gasteiger partial charge in [-0.05, 0) is 32.0 Å². The summed E-state index contributed by atoms with van der Waals surface area (Å²) in [7, 11) is 0. The SMILES string of the molecule is CCOC(=O)C[C@@H](C(=O)OCC)[C@@H](NC(=O)c1cccc(F)c1)C(N)=O. The van der Waals surface area contributed by atoms with E-state index >= 15 is 0 Å². The van der Waals surface area contributed by atoms with E-state index in [1.165, 1.54) is 12.1 Å². The van der Waals surface area contributed by atoms with Crippen molar-refractivity contribution in [3.8, 4) is 0 Å². The molecule has 0 heterocycles. The van der Waals surface area contributed by atoms with Gasteiger partial charge in [-0.3, -0.25) is 19.2 Å². The molecule has 0 aromatic heterocycles. The molecule has 0 aliphatic carbocycles. The molecule has 1 aromatic rings. The van der Waals surface area contributed by atoms with Gasteiger partial charge in [0.25, 0.3) is 5.91 Å². The van der Waals surface area contributed by atoms with E-state index in [2.05, 4.69) is 5.32 Å². The predicted octanol–water partition coefficient (Wildman–Crippen LogP) is 0.542. The van der Waals surface area contributed by atoms with Gasteiger partial charge in [0.05, 0.1) is 25.6 Å². The molecule has 142 valence electrons. The molecule has 0 saturated carbocycles. The zero-order chi connectivity index (χ0) is 19.7. The van der Waals surface area contributed by atoms with E-state index in [4.69, 9.17) is 15.2 Å². The van der Waals surface area contributed by atoms with E-state index in [-0.39, 0.29) is 18.8 Å². The number of esters is 2. The summed E-state index contributed by atoms with van der Waals surface area (Å²) in [5.41, 5.74) is 5.22. The Hall–Kier alpha value is -2.97. The normalized spacial score (nSPS) is 12.6. The molecule has 0 saturated heterocycles. The Balaban J connectivity index is 3.06. The molecule has 0 bridgehead atoms. The molecule has 9 heteroatoms. The number of nitrogens with one attached hydrogen (secondary N) is 1. The van der Waals surface area contributed by atoms with Crippen LogP contribution in [0.5, 0.6) is 0 Å². The second-order valence-corrected chi connectivity index (χ2v) is 5.23. The fraction of sp³-hybridized carbons (Fsp3) is 0.412. The van der Waals surface area contributed by atoms with Gasteiger partial charge < -0.3 is 20.5 Å². The van der Waals surface area contributed by atoms with Crippen molar-refractivity contribution in [1.82, 2.24) is 5.32 Å². The Morgan fingerprint density at radius 2 is 1.81 bits per heavy atom. The van der Waals surface area contributed by atoms with Crippen molar-refractivity contribution in [1.29, 1.82) is 0 Å². The summed E-state index contributed by atoms with van der Waals surface area (Å²) in [6, 6.07) is 3.20. The summed E-state index contributed by atoms with van der Waals surface area (Å²) in [5.74, 6) is -5.53. The molecule has 1 rings (SSSR count). The number of amides is 2. The zero-order valence-corrected chi connectivity index (χ0v) is 14.5. The van der Waals surface area contributed by atoms with Crippen LogP contribution in [0.4, 0.5) is 4.39 Å². The van der Waals surface area contributed by atoms with E-state index in [0.29, 0.717) is 0 Å². The fourth-order valence-corrected chi connectivity index (χ4v) is 2.21. The maximum Gasteiger partial charge on any atom is 0.312 e. The lowest BCUT2D eigenvalue weighted by molar-refractivity contribution is -0.156. The van der Waals surface area contributed by atoms with Crippen molar-refractivity contribution < 1.29 is 33.0 Å². The number of hydrogen-bond acceptors (Lipinski definition) is 6. The van der Waals surface area contributed by atoms with Crippen LogP contribution in [0.25, 0.3) is 0 Å². The Kier molecular flexibility index (Phi) is 8.20. The van der Waals surface area contributed by atoms with Crippen LogP contribution in [0.15, 0.2) is 24.3 Å². The molecule has 2 atom stereocenters. The van der Waals surface area contributed by atoms with Crippen LogP contribution in [-0.4, -0.2) is 43.0 Å². The number of carbonyl (C=O) groups is 4. The standard InChI is InChI=1S/C17H21FN2O6/c1-3-25-13(21)9-12(17(24)26-4-2)14(15(19)22)20-16(23)10-6-5-7-11(18)8-10/h5-8,12,14H,3-4,9H2,1-2H3,(H2,19,22)(H,20,23)/t12-,14-/m1/s1. The lowest BCUT2D eigenvalue weighted by atomic mass is 9.95. The predicted molar refractivity (Wildman–Crippen MR) is 88.2 cm³/mol. The van der Waals surface area contributed by atoms with Gasteiger partial charge in [-0.25, -0.2) is 4.39 Å². The quantitative estimate of drug-likeness (QED) is 0.613. The lowest BCUT2D eigenvalue weighted by Gasteiger charge is -2.23. The highest BCUT2D eigenvalue weighted by molar-refractivity contribution is 5.99. The van der Waals surface area contributed by atoms with Crippen LogP contribution in [0.2, 0.25) is 0 Å². The highest BCUT2D eigenvalue weighted by atomic mass is 19.1. The second-order valence-electron chi connectivity index (χ2n) is 5.23. The first kappa shape index (κ1) is 21.1. The first-order chi connectivity index (χ1) is 12.3. The third kappa shape index (κ3) is 6.15. The second kappa shape index (κ2) is 10.1. The van der Waals surface area contributed by atoms with Gasteiger partial charge in [0.1, 0.15) is 11.9 Å². The molecule has 0 aliphatic heterocycles. The molecule has 1 aromatic carbocycles. The highest BCUT2D eigenvalue weighted by Crippen LogP contribution is 2.15. The van der Waals surface area contributed by atoms with Crippen molar-refractivity contribution in [2.75, 3.05) is 13.2 Å². The number of benzene rings is 1. The maximum absolute atomic E-state index is 13.3. The van der Waals surface area contributed by atoms with E-state index in [0.717, 1.165) is 12.1 Å². The smallest absolute Gasteiger partial charge is 0.312 e. The molecule has 8 nitrogen and oxygen atoms in total. The molecular weight excluding hydrogens is 347 g/mol. The van der Waals surface area contributed by atoms with Gasteiger partial charge in [0, 0.05) is 5.56 Å². The maximum atomic E-state index is 13.3. The zero-order valence-electron chi connectivity index (χ0n) is 14.5. The molecular formula is C17H21FN2O6. The van der Waals surface area contributed by atoms with Gasteiger partial charge in [0.2, 0.25) is 5.91 Å². The molecule has 0 radical (unpaired) electrons. The summed E-state index contributed by atoms with van der Waals surface area (Å²) >= 11 is 0. The van der Waals surface area contributed by atoms with Crippen molar-refractivity contribution in [3.05, 3.63) is 35.6 Å². The Morgan fingerprint density at radius 3 is 2.35 bits per heavy atom. The summed E-state index contributed by atoms with van der Waals surface area (Å²) in [6.45, 7) is 3.20. The Bertz CT molecular complexity index is 679. The molecule has 0 spiro atoms. The molecule has 0 aliphatic rings. The van der Waals surface area contributed by atoms with Gasteiger partial charge in [-0.15, -0.1) is 0 Å². The number of carbonyl (C=O) groups excluding carboxylic acids is 4. The van der Waals surface area contributed by atoms with E-state index in [1.807, 2.05) is 0 Å². The number of rotatable bonds is 9. The summed E-state index contributed by atoms with van der Waals surface area (Å²) in [5, 5.41) is 2.26. The molecule has 0 unspecified atom stereocenters. The monoisotopic (exact) mass is 368 g/mol. The first-order valence-electron chi connectivity index (χ1n) is 7.98. The minimum atomic E-state index is -1.53. The van der Waals surface area contributed by atoms with Crippen LogP contribution in [-0.2, 0) is 23.9 Å². The summed E-state index contributed by atoms with van der Waals surface area (Å²) in [4.78, 5) is 47.9. The topological polar surface area (TPSA) is 125 Å². The summed E-state index contributed by atoms with van der Waals surface area (Å²) in [6.07, 6.45) is -0.510. The molecule has 2 amide bonds. The van der Waals surface area contributed by atoms with Crippen LogP contribution in [0.3, 0.4) is 0 Å². The van der Waals surface area contributed by atoms with Gasteiger partial charge in [0.15, 0.2) is 0 Å². The number of nitrogens with two attached hydrogens (primary N) is 1. The lowest BCUT2D eigenvalue weighted by Crippen LogP contribution is -2.52. The Labute approximate surface area is 149 Å². The third-order valence-corrected chi connectivity index (χ3v) is 3.36. The molecule has 0 fully saturated rings. The largest absolute Gasteiger partial charge is 0.466 e. The van der Waals surface area contributed by atoms with Crippen molar-refractivity contribution in [3.63, 3.8) is 0 Å². The fourth-order valence-electron chi connectivity index (χ4n) is 2.21. The van der Waals surface area contributed by atoms with Crippen molar-refractivity contribution >= 4 is 23.8 Å². The minimum Gasteiger partial charge on any atom is -0.466 e. The number of halogens is 1. The summed E-state index contributed by atoms with van der Waals surface area (Å²) < 4.78 is 22.9. The van der Waals surface area contributed by atoms with Crippen molar-refractivity contribution in [2.24, 2.45) is 11.7 Å². The highest BCUT2D eigenvalue weighted by Gasteiger charge is 2.37. The number of ether oxygens (including phenoxy) is 2. The average molecular weight is 368 g/mol. The van der Waals surface area contributed by atoms with Gasteiger partial charge in [-0.1, -0.05) is 6.07 Å². The van der Waals surface area contributed by atoms with Gasteiger partial charge >= 0.3 is 11.9 Å². The van der Waals surface area contributed by atoms with Crippen LogP contribution < -0.4 is 11.1 Å². The van der Waals surface area contributed by atoms with E-state index < -0.39 is 48.0 Å². The van der Waals surface area contributed by atoms with E-state index in [1.54, 1.807) is 13.8 Å². The average Bonchev–Trinajstić information content (AvgIpc) is 2.58. The number of hydrogen-bond donors (Lipinski definition) is 2. The minimum absolute atomic E-state index is 0.00147. The van der Waals surface area contributed by atoms with E-state index in [9.17, 15) is 23.6 Å². The van der Waals surface area contributed by atoms with Crippen LogP contribution >= 0.6 is 0 Å². The molecule has 3 N–H and O–H groups in total. The number of primary amides is 1. The molecule has 26 heavy (non-hydrogen) atoms. The first-order valence-corrected chi connectivity index (χ1v) is 7.98. The third-order valence-electron chi connectivity index (χ3n) is 3.36. The van der Waals surface area contributed by atoms with Crippen LogP contribution in [0, 0.1) is 11.7 Å². The van der Waals surface area contributed by atoms with Gasteiger partial charge in [-0.2, -0.15) is 0 Å². The Morgan fingerprint density at radius 1 is 1.15 bits per heavy atom. The van der Waals surface area contributed by atoms with Crippen LogP contribution in [0.1, 0.15) is 30.6 Å². The van der Waals surface area contributed by atoms with Crippen molar-refractivity contribution in [2.45, 2.75) is 26.3 Å².